The molecule has 0 amide bonds. The molecule has 0 bridgehead atoms. The zero-order chi connectivity index (χ0) is 14.9. The van der Waals surface area contributed by atoms with Crippen LogP contribution >= 0.6 is 0 Å². The smallest absolute Gasteiger partial charge is 0.259 e. The minimum absolute atomic E-state index is 0.0696. The van der Waals surface area contributed by atoms with Crippen molar-refractivity contribution < 1.29 is 14.4 Å². The summed E-state index contributed by atoms with van der Waals surface area (Å²) in [6.07, 6.45) is 6.90. The number of rotatable bonds is 3. The van der Waals surface area contributed by atoms with Crippen LogP contribution in [-0.2, 0) is 10.3 Å². The highest BCUT2D eigenvalue weighted by Crippen LogP contribution is 2.41. The van der Waals surface area contributed by atoms with Crippen molar-refractivity contribution in [2.45, 2.75) is 38.2 Å². The van der Waals surface area contributed by atoms with Crippen LogP contribution in [0.3, 0.4) is 0 Å². The van der Waals surface area contributed by atoms with Crippen LogP contribution in [0.1, 0.15) is 38.4 Å². The van der Waals surface area contributed by atoms with E-state index < -0.39 is 5.60 Å². The van der Waals surface area contributed by atoms with Gasteiger partial charge in [0.05, 0.1) is 11.8 Å². The van der Waals surface area contributed by atoms with Crippen molar-refractivity contribution in [2.24, 2.45) is 5.92 Å². The molecule has 1 saturated carbocycles. The molecule has 0 atom stereocenters. The maximum atomic E-state index is 9.48. The summed E-state index contributed by atoms with van der Waals surface area (Å²) < 4.78 is 11.1. The van der Waals surface area contributed by atoms with Crippen molar-refractivity contribution >= 4 is 0 Å². The Morgan fingerprint density at radius 2 is 2.10 bits per heavy atom. The molecule has 1 N–H and O–H groups in total. The third kappa shape index (κ3) is 2.63. The molecule has 6 nitrogen and oxygen atoms in total. The minimum atomic E-state index is -0.460. The van der Waals surface area contributed by atoms with Gasteiger partial charge in [-0.3, -0.25) is 4.98 Å². The van der Waals surface area contributed by atoms with Gasteiger partial charge in [0.25, 0.3) is 5.89 Å². The van der Waals surface area contributed by atoms with E-state index in [9.17, 15) is 5.11 Å². The van der Waals surface area contributed by atoms with Gasteiger partial charge in [0.1, 0.15) is 11.4 Å². The van der Waals surface area contributed by atoms with Gasteiger partial charge in [0.15, 0.2) is 0 Å². The number of hydrogen-bond acceptors (Lipinski definition) is 6. The molecule has 0 unspecified atom stereocenters. The number of methoxy groups -OCH3 is 1. The molecule has 1 fully saturated rings. The van der Waals surface area contributed by atoms with Crippen molar-refractivity contribution in [1.82, 2.24) is 15.1 Å². The van der Waals surface area contributed by atoms with Crippen molar-refractivity contribution in [3.05, 3.63) is 24.3 Å². The van der Waals surface area contributed by atoms with Crippen molar-refractivity contribution in [1.29, 1.82) is 0 Å². The highest BCUT2D eigenvalue weighted by Gasteiger charge is 2.40. The first-order valence-electron chi connectivity index (χ1n) is 7.17. The van der Waals surface area contributed by atoms with Gasteiger partial charge in [-0.25, -0.2) is 0 Å². The quantitative estimate of drug-likeness (QED) is 0.935. The van der Waals surface area contributed by atoms with Crippen LogP contribution in [0.4, 0.5) is 0 Å². The lowest BCUT2D eigenvalue weighted by molar-refractivity contribution is -0.0609. The van der Waals surface area contributed by atoms with Crippen LogP contribution in [0.15, 0.2) is 23.0 Å². The first-order valence-corrected chi connectivity index (χ1v) is 7.17. The van der Waals surface area contributed by atoms with Gasteiger partial charge < -0.3 is 14.4 Å². The van der Waals surface area contributed by atoms with E-state index in [-0.39, 0.29) is 5.75 Å². The molecular formula is C15H19N3O3. The molecule has 112 valence electrons. The Morgan fingerprint density at radius 3 is 2.76 bits per heavy atom. The fourth-order valence-corrected chi connectivity index (χ4v) is 2.82. The highest BCUT2D eigenvalue weighted by atomic mass is 16.5. The summed E-state index contributed by atoms with van der Waals surface area (Å²) in [4.78, 5) is 8.38. The lowest BCUT2D eigenvalue weighted by Gasteiger charge is -2.35. The van der Waals surface area contributed by atoms with E-state index in [1.807, 2.05) is 0 Å². The van der Waals surface area contributed by atoms with E-state index in [1.165, 1.54) is 6.20 Å². The highest BCUT2D eigenvalue weighted by molar-refractivity contribution is 5.53. The molecule has 6 heteroatoms. The molecule has 21 heavy (non-hydrogen) atoms. The molecule has 2 aromatic rings. The third-order valence-electron chi connectivity index (χ3n) is 4.28. The maximum absolute atomic E-state index is 9.48. The average Bonchev–Trinajstić information content (AvgIpc) is 2.99. The SMILES string of the molecule is COC1(c2noc(-c3cncc(O)c3)n2)CCC(C)CC1. The molecule has 0 spiro atoms. The van der Waals surface area contributed by atoms with Gasteiger partial charge >= 0.3 is 0 Å². The summed E-state index contributed by atoms with van der Waals surface area (Å²) in [7, 11) is 1.70. The van der Waals surface area contributed by atoms with Crippen molar-refractivity contribution in [3.8, 4) is 17.2 Å². The summed E-state index contributed by atoms with van der Waals surface area (Å²) in [5.74, 6) is 1.70. The molecule has 2 aromatic heterocycles. The Balaban J connectivity index is 1.90. The average molecular weight is 289 g/mol. The van der Waals surface area contributed by atoms with Crippen LogP contribution in [0.25, 0.3) is 11.5 Å². The van der Waals surface area contributed by atoms with Crippen LogP contribution in [-0.4, -0.2) is 27.3 Å². The Bertz CT molecular complexity index is 618. The summed E-state index contributed by atoms with van der Waals surface area (Å²) in [6, 6.07) is 1.55. The number of aromatic hydroxyl groups is 1. The van der Waals surface area contributed by atoms with Crippen LogP contribution in [0.2, 0.25) is 0 Å². The fraction of sp³-hybridized carbons (Fsp3) is 0.533. The first kappa shape index (κ1) is 14.0. The topological polar surface area (TPSA) is 81.3 Å². The molecule has 3 rings (SSSR count). The molecule has 1 aliphatic rings. The Hall–Kier alpha value is -1.95. The predicted molar refractivity (Wildman–Crippen MR) is 75.5 cm³/mol. The van der Waals surface area contributed by atoms with Crippen LogP contribution in [0.5, 0.6) is 5.75 Å². The summed E-state index contributed by atoms with van der Waals surface area (Å²) in [5, 5.41) is 13.6. The molecule has 0 radical (unpaired) electrons. The maximum Gasteiger partial charge on any atom is 0.259 e. The number of pyridine rings is 1. The van der Waals surface area contributed by atoms with E-state index in [4.69, 9.17) is 9.26 Å². The van der Waals surface area contributed by atoms with E-state index >= 15 is 0 Å². The van der Waals surface area contributed by atoms with E-state index in [0.29, 0.717) is 23.2 Å². The molecular weight excluding hydrogens is 270 g/mol. The minimum Gasteiger partial charge on any atom is -0.506 e. The van der Waals surface area contributed by atoms with Gasteiger partial charge in [-0.05, 0) is 37.7 Å². The van der Waals surface area contributed by atoms with Crippen LogP contribution < -0.4 is 0 Å². The van der Waals surface area contributed by atoms with E-state index in [1.54, 1.807) is 19.4 Å². The molecule has 2 heterocycles. The molecule has 1 aliphatic carbocycles. The zero-order valence-electron chi connectivity index (χ0n) is 12.2. The lowest BCUT2D eigenvalue weighted by atomic mass is 9.79. The summed E-state index contributed by atoms with van der Waals surface area (Å²) in [6.45, 7) is 2.25. The largest absolute Gasteiger partial charge is 0.506 e. The number of nitrogens with zero attached hydrogens (tertiary/aromatic N) is 3. The predicted octanol–water partition coefficient (Wildman–Crippen LogP) is 2.89. The second kappa shape index (κ2) is 5.44. The standard InChI is InChI=1S/C15H19N3O3/c1-10-3-5-15(20-2,6-4-10)14-17-13(21-18-14)11-7-12(19)9-16-8-11/h7-10,19H,3-6H2,1-2H3. The molecule has 0 aliphatic heterocycles. The van der Waals surface area contributed by atoms with Crippen LogP contribution in [0, 0.1) is 5.92 Å². The number of aromatic nitrogens is 3. The van der Waals surface area contributed by atoms with Crippen molar-refractivity contribution in [3.63, 3.8) is 0 Å². The second-order valence-electron chi connectivity index (χ2n) is 5.74. The number of ether oxygens (including phenoxy) is 1. The van der Waals surface area contributed by atoms with Gasteiger partial charge in [-0.15, -0.1) is 0 Å². The van der Waals surface area contributed by atoms with Gasteiger partial charge in [0, 0.05) is 13.3 Å². The number of hydrogen-bond donors (Lipinski definition) is 1. The second-order valence-corrected chi connectivity index (χ2v) is 5.74. The fourth-order valence-electron chi connectivity index (χ4n) is 2.82. The molecule has 0 saturated heterocycles. The van der Waals surface area contributed by atoms with Gasteiger partial charge in [-0.1, -0.05) is 12.1 Å². The summed E-state index contributed by atoms with van der Waals surface area (Å²) >= 11 is 0. The molecule has 0 aromatic carbocycles. The van der Waals surface area contributed by atoms with Crippen molar-refractivity contribution in [2.75, 3.05) is 7.11 Å². The Kier molecular flexibility index (Phi) is 3.63. The first-order chi connectivity index (χ1) is 10.1. The van der Waals surface area contributed by atoms with Gasteiger partial charge in [0.2, 0.25) is 5.82 Å². The van der Waals surface area contributed by atoms with Gasteiger partial charge in [-0.2, -0.15) is 4.98 Å². The third-order valence-corrected chi connectivity index (χ3v) is 4.28. The monoisotopic (exact) mass is 289 g/mol. The van der Waals surface area contributed by atoms with E-state index in [0.717, 1.165) is 25.7 Å². The Labute approximate surface area is 123 Å². The zero-order valence-corrected chi connectivity index (χ0v) is 12.2. The summed E-state index contributed by atoms with van der Waals surface area (Å²) in [5.41, 5.74) is 0.141. The Morgan fingerprint density at radius 1 is 1.33 bits per heavy atom. The normalized spacial score (nSPS) is 25.9. The van der Waals surface area contributed by atoms with E-state index in [2.05, 4.69) is 22.0 Å². The lowest BCUT2D eigenvalue weighted by Crippen LogP contribution is -2.34.